The van der Waals surface area contributed by atoms with Crippen LogP contribution in [0.15, 0.2) is 24.3 Å². The Morgan fingerprint density at radius 2 is 1.95 bits per heavy atom. The zero-order chi connectivity index (χ0) is 15.8. The number of halogens is 3. The third-order valence-electron chi connectivity index (χ3n) is 4.06. The molecule has 3 nitrogen and oxygen atoms in total. The maximum absolute atomic E-state index is 12.5. The predicted molar refractivity (Wildman–Crippen MR) is 71.5 cm³/mol. The van der Waals surface area contributed by atoms with Crippen molar-refractivity contribution in [3.05, 3.63) is 35.4 Å². The summed E-state index contributed by atoms with van der Waals surface area (Å²) in [5, 5.41) is 10.1. The van der Waals surface area contributed by atoms with E-state index in [0.717, 1.165) is 12.1 Å². The van der Waals surface area contributed by atoms with E-state index in [2.05, 4.69) is 0 Å². The number of alkyl halides is 3. The van der Waals surface area contributed by atoms with E-state index < -0.39 is 17.3 Å². The lowest BCUT2D eigenvalue weighted by Crippen LogP contribution is -2.35. The molecule has 0 spiro atoms. The van der Waals surface area contributed by atoms with Gasteiger partial charge in [0.25, 0.3) is 0 Å². The van der Waals surface area contributed by atoms with Gasteiger partial charge in [-0.05, 0) is 24.6 Å². The molecule has 1 aliphatic heterocycles. The number of benzene rings is 1. The van der Waals surface area contributed by atoms with Crippen molar-refractivity contribution in [3.63, 3.8) is 0 Å². The lowest BCUT2D eigenvalue weighted by molar-refractivity contribution is -0.137. The average Bonchev–Trinajstić information content (AvgIpc) is 2.63. The van der Waals surface area contributed by atoms with Gasteiger partial charge in [-0.15, -0.1) is 0 Å². The van der Waals surface area contributed by atoms with Gasteiger partial charge in [0.05, 0.1) is 17.6 Å². The molecule has 1 heterocycles. The van der Waals surface area contributed by atoms with Gasteiger partial charge in [0.2, 0.25) is 5.91 Å². The summed E-state index contributed by atoms with van der Waals surface area (Å²) in [4.78, 5) is 13.7. The molecule has 1 aliphatic rings. The molecule has 1 N–H and O–H groups in total. The van der Waals surface area contributed by atoms with E-state index in [1.807, 2.05) is 6.92 Å². The van der Waals surface area contributed by atoms with E-state index in [0.29, 0.717) is 12.1 Å². The van der Waals surface area contributed by atoms with Crippen LogP contribution in [0.4, 0.5) is 13.2 Å². The summed E-state index contributed by atoms with van der Waals surface area (Å²) in [5.74, 6) is -0.201. The highest BCUT2D eigenvalue weighted by Gasteiger charge is 2.40. The van der Waals surface area contributed by atoms with Crippen molar-refractivity contribution >= 4 is 5.91 Å². The summed E-state index contributed by atoms with van der Waals surface area (Å²) >= 11 is 0. The highest BCUT2D eigenvalue weighted by molar-refractivity contribution is 5.79. The standard InChI is InChI=1S/C15H18F3NO2/c1-10-8-19(9-14(10,2)21)13(20)7-11-3-5-12(6-4-11)15(16,17)18/h3-6,10,21H,7-9H2,1-2H3/t10-,14+/m0/s1. The number of amides is 1. The fourth-order valence-corrected chi connectivity index (χ4v) is 2.42. The fraction of sp³-hybridized carbons (Fsp3) is 0.533. The molecule has 1 saturated heterocycles. The van der Waals surface area contributed by atoms with Crippen LogP contribution in [0.25, 0.3) is 0 Å². The molecule has 2 rings (SSSR count). The summed E-state index contributed by atoms with van der Waals surface area (Å²) in [6.07, 6.45) is -4.33. The minimum absolute atomic E-state index is 0.0194. The van der Waals surface area contributed by atoms with Crippen LogP contribution in [-0.4, -0.2) is 34.6 Å². The highest BCUT2D eigenvalue weighted by Crippen LogP contribution is 2.30. The van der Waals surface area contributed by atoms with E-state index in [9.17, 15) is 23.1 Å². The van der Waals surface area contributed by atoms with Crippen LogP contribution in [-0.2, 0) is 17.4 Å². The first-order valence-corrected chi connectivity index (χ1v) is 6.76. The quantitative estimate of drug-likeness (QED) is 0.911. The van der Waals surface area contributed by atoms with Crippen LogP contribution >= 0.6 is 0 Å². The fourth-order valence-electron chi connectivity index (χ4n) is 2.42. The van der Waals surface area contributed by atoms with Crippen molar-refractivity contribution in [3.8, 4) is 0 Å². The molecular formula is C15H18F3NO2. The number of carbonyl (C=O) groups is 1. The minimum atomic E-state index is -4.37. The Balaban J connectivity index is 2.01. The molecule has 6 heteroatoms. The van der Waals surface area contributed by atoms with E-state index in [1.54, 1.807) is 11.8 Å². The molecule has 0 aromatic heterocycles. The van der Waals surface area contributed by atoms with Gasteiger partial charge in [0.1, 0.15) is 0 Å². The van der Waals surface area contributed by atoms with Crippen molar-refractivity contribution in [2.24, 2.45) is 5.92 Å². The number of likely N-dealkylation sites (tertiary alicyclic amines) is 1. The molecule has 1 fully saturated rings. The third-order valence-corrected chi connectivity index (χ3v) is 4.06. The maximum atomic E-state index is 12.5. The molecule has 1 amide bonds. The first kappa shape index (κ1) is 15.8. The Labute approximate surface area is 121 Å². The number of hydrogen-bond donors (Lipinski definition) is 1. The van der Waals surface area contributed by atoms with Crippen LogP contribution in [0.2, 0.25) is 0 Å². The molecular weight excluding hydrogens is 283 g/mol. The molecule has 2 atom stereocenters. The number of β-amino-alcohol motifs (C(OH)–C–C–N with tert-alkyl or cyclic N) is 1. The van der Waals surface area contributed by atoms with Gasteiger partial charge in [0, 0.05) is 19.0 Å². The van der Waals surface area contributed by atoms with Crippen LogP contribution in [0.5, 0.6) is 0 Å². The molecule has 21 heavy (non-hydrogen) atoms. The first-order valence-electron chi connectivity index (χ1n) is 6.76. The van der Waals surface area contributed by atoms with E-state index in [-0.39, 0.29) is 24.8 Å². The zero-order valence-corrected chi connectivity index (χ0v) is 11.9. The van der Waals surface area contributed by atoms with Crippen LogP contribution in [0.3, 0.4) is 0 Å². The van der Waals surface area contributed by atoms with Gasteiger partial charge in [-0.25, -0.2) is 0 Å². The second-order valence-corrected chi connectivity index (χ2v) is 5.90. The van der Waals surface area contributed by atoms with E-state index >= 15 is 0 Å². The number of aliphatic hydroxyl groups is 1. The van der Waals surface area contributed by atoms with Gasteiger partial charge in [-0.2, -0.15) is 13.2 Å². The van der Waals surface area contributed by atoms with Crippen molar-refractivity contribution in [1.29, 1.82) is 0 Å². The minimum Gasteiger partial charge on any atom is -0.388 e. The van der Waals surface area contributed by atoms with Crippen molar-refractivity contribution < 1.29 is 23.1 Å². The second kappa shape index (κ2) is 5.33. The number of hydrogen-bond acceptors (Lipinski definition) is 2. The molecule has 1 aromatic carbocycles. The number of carbonyl (C=O) groups excluding carboxylic acids is 1. The van der Waals surface area contributed by atoms with Crippen molar-refractivity contribution in [2.75, 3.05) is 13.1 Å². The third kappa shape index (κ3) is 3.56. The smallest absolute Gasteiger partial charge is 0.388 e. The molecule has 0 saturated carbocycles. The summed E-state index contributed by atoms with van der Waals surface area (Å²) in [6, 6.07) is 4.59. The topological polar surface area (TPSA) is 40.5 Å². The molecule has 1 aromatic rings. The average molecular weight is 301 g/mol. The molecule has 0 radical (unpaired) electrons. The second-order valence-electron chi connectivity index (χ2n) is 5.90. The largest absolute Gasteiger partial charge is 0.416 e. The zero-order valence-electron chi connectivity index (χ0n) is 11.9. The summed E-state index contributed by atoms with van der Waals surface area (Å²) < 4.78 is 37.4. The Morgan fingerprint density at radius 1 is 1.38 bits per heavy atom. The van der Waals surface area contributed by atoms with Crippen LogP contribution in [0, 0.1) is 5.92 Å². The lowest BCUT2D eigenvalue weighted by Gasteiger charge is -2.20. The van der Waals surface area contributed by atoms with Gasteiger partial charge in [0.15, 0.2) is 0 Å². The van der Waals surface area contributed by atoms with Gasteiger partial charge in [-0.1, -0.05) is 19.1 Å². The summed E-state index contributed by atoms with van der Waals surface area (Å²) in [7, 11) is 0. The van der Waals surface area contributed by atoms with Gasteiger partial charge >= 0.3 is 6.18 Å². The summed E-state index contributed by atoms with van der Waals surface area (Å²) in [6.45, 7) is 4.27. The monoisotopic (exact) mass is 301 g/mol. The van der Waals surface area contributed by atoms with Crippen molar-refractivity contribution in [1.82, 2.24) is 4.90 Å². The molecule has 0 bridgehead atoms. The first-order chi connectivity index (χ1) is 9.59. The molecule has 0 aliphatic carbocycles. The maximum Gasteiger partial charge on any atom is 0.416 e. The molecule has 116 valence electrons. The summed E-state index contributed by atoms with van der Waals surface area (Å²) in [5.41, 5.74) is -1.10. The van der Waals surface area contributed by atoms with E-state index in [4.69, 9.17) is 0 Å². The van der Waals surface area contributed by atoms with Crippen LogP contribution < -0.4 is 0 Å². The highest BCUT2D eigenvalue weighted by atomic mass is 19.4. The SMILES string of the molecule is C[C@H]1CN(C(=O)Cc2ccc(C(F)(F)F)cc2)C[C@@]1(C)O. The number of rotatable bonds is 2. The predicted octanol–water partition coefficient (Wildman–Crippen LogP) is 2.48. The van der Waals surface area contributed by atoms with Crippen molar-refractivity contribution in [2.45, 2.75) is 32.0 Å². The van der Waals surface area contributed by atoms with Gasteiger partial charge in [-0.3, -0.25) is 4.79 Å². The molecule has 0 unspecified atom stereocenters. The number of nitrogens with zero attached hydrogens (tertiary/aromatic N) is 1. The Bertz CT molecular complexity index is 523. The van der Waals surface area contributed by atoms with E-state index in [1.165, 1.54) is 12.1 Å². The lowest BCUT2D eigenvalue weighted by atomic mass is 9.95. The van der Waals surface area contributed by atoms with Gasteiger partial charge < -0.3 is 10.0 Å². The Kier molecular flexibility index (Phi) is 4.02. The normalized spacial score (nSPS) is 26.2. The Hall–Kier alpha value is -1.56. The Morgan fingerprint density at radius 3 is 2.38 bits per heavy atom. The van der Waals surface area contributed by atoms with Crippen LogP contribution in [0.1, 0.15) is 25.0 Å².